The maximum Gasteiger partial charge on any atom is 0.341 e. The predicted octanol–water partition coefficient (Wildman–Crippen LogP) is 5.10. The van der Waals surface area contributed by atoms with E-state index in [0.29, 0.717) is 23.2 Å². The Morgan fingerprint density at radius 1 is 1.15 bits per heavy atom. The number of anilines is 2. The van der Waals surface area contributed by atoms with Crippen molar-refractivity contribution in [3.05, 3.63) is 58.9 Å². The molecular formula is C25H26FN3O4. The number of aryl methyl sites for hydroxylation is 1. The van der Waals surface area contributed by atoms with Gasteiger partial charge in [-0.15, -0.1) is 0 Å². The average Bonchev–Trinajstić information content (AvgIpc) is 2.91. The number of nitrogens with zero attached hydrogens (tertiary/aromatic N) is 3. The van der Waals surface area contributed by atoms with Crippen molar-refractivity contribution < 1.29 is 23.5 Å². The molecule has 1 aliphatic heterocycles. The van der Waals surface area contributed by atoms with Crippen molar-refractivity contribution in [2.24, 2.45) is 0 Å². The molecule has 2 aromatic rings. The number of hydrogen-bond acceptors (Lipinski definition) is 5. The number of rotatable bonds is 5. The molecule has 0 radical (unpaired) electrons. The summed E-state index contributed by atoms with van der Waals surface area (Å²) in [7, 11) is 0. The van der Waals surface area contributed by atoms with Crippen LogP contribution in [0.2, 0.25) is 0 Å². The number of ether oxygens (including phenoxy) is 1. The molecule has 1 fully saturated rings. The standard InChI is InChI=1S/C25H26FN3O4/c1-7-24(3,4)33-21(30)19-11-10-18(13-20(19)26)29-23(32)28(22(31)25(29,5)6)17-9-8-16(14-27)15(2)12-17/h8-13H,7H2,1-6H3. The third-order valence-corrected chi connectivity index (χ3v) is 5.91. The van der Waals surface area contributed by atoms with E-state index in [1.807, 2.05) is 13.0 Å². The summed E-state index contributed by atoms with van der Waals surface area (Å²) in [6.07, 6.45) is 0.557. The third-order valence-electron chi connectivity index (χ3n) is 5.91. The number of urea groups is 1. The van der Waals surface area contributed by atoms with Crippen LogP contribution >= 0.6 is 0 Å². The normalized spacial score (nSPS) is 15.6. The van der Waals surface area contributed by atoms with Gasteiger partial charge < -0.3 is 4.74 Å². The van der Waals surface area contributed by atoms with Crippen molar-refractivity contribution in [2.75, 3.05) is 9.80 Å². The zero-order valence-electron chi connectivity index (χ0n) is 19.5. The lowest BCUT2D eigenvalue weighted by atomic mass is 10.0. The lowest BCUT2D eigenvalue weighted by Gasteiger charge is -2.28. The Balaban J connectivity index is 1.98. The van der Waals surface area contributed by atoms with E-state index in [1.54, 1.807) is 46.8 Å². The molecule has 0 bridgehead atoms. The number of benzene rings is 2. The van der Waals surface area contributed by atoms with Crippen LogP contribution in [0.5, 0.6) is 0 Å². The van der Waals surface area contributed by atoms with Gasteiger partial charge in [0.2, 0.25) is 0 Å². The molecule has 0 N–H and O–H groups in total. The van der Waals surface area contributed by atoms with E-state index in [2.05, 4.69) is 0 Å². The van der Waals surface area contributed by atoms with Crippen LogP contribution in [0.4, 0.5) is 20.6 Å². The fourth-order valence-electron chi connectivity index (χ4n) is 3.56. The second kappa shape index (κ2) is 8.32. The van der Waals surface area contributed by atoms with Crippen molar-refractivity contribution >= 4 is 29.3 Å². The maximum atomic E-state index is 14.9. The first kappa shape index (κ1) is 23.9. The van der Waals surface area contributed by atoms with Gasteiger partial charge in [-0.3, -0.25) is 9.69 Å². The summed E-state index contributed by atoms with van der Waals surface area (Å²) in [6.45, 7) is 10.2. The summed E-state index contributed by atoms with van der Waals surface area (Å²) < 4.78 is 20.3. The zero-order chi connectivity index (χ0) is 24.7. The smallest absolute Gasteiger partial charge is 0.341 e. The molecule has 1 heterocycles. The highest BCUT2D eigenvalue weighted by Gasteiger charge is 2.52. The Kier molecular flexibility index (Phi) is 6.03. The lowest BCUT2D eigenvalue weighted by molar-refractivity contribution is -0.120. The van der Waals surface area contributed by atoms with Gasteiger partial charge in [-0.1, -0.05) is 6.92 Å². The average molecular weight is 451 g/mol. The van der Waals surface area contributed by atoms with E-state index >= 15 is 0 Å². The molecule has 1 aliphatic rings. The Morgan fingerprint density at radius 2 is 1.79 bits per heavy atom. The number of halogens is 1. The number of carbonyl (C=O) groups is 3. The van der Waals surface area contributed by atoms with E-state index in [4.69, 9.17) is 10.00 Å². The Hall–Kier alpha value is -3.73. The number of amides is 3. The monoisotopic (exact) mass is 451 g/mol. The van der Waals surface area contributed by atoms with Crippen LogP contribution < -0.4 is 9.80 Å². The van der Waals surface area contributed by atoms with Crippen molar-refractivity contribution in [1.82, 2.24) is 0 Å². The molecule has 1 saturated heterocycles. The van der Waals surface area contributed by atoms with E-state index in [1.165, 1.54) is 23.1 Å². The summed E-state index contributed by atoms with van der Waals surface area (Å²) in [5.41, 5.74) is -0.801. The summed E-state index contributed by atoms with van der Waals surface area (Å²) in [4.78, 5) is 41.1. The van der Waals surface area contributed by atoms with Gasteiger partial charge in [-0.25, -0.2) is 18.9 Å². The Bertz CT molecular complexity index is 1200. The van der Waals surface area contributed by atoms with Crippen LogP contribution in [0.1, 0.15) is 62.5 Å². The number of esters is 1. The molecule has 3 amide bonds. The van der Waals surface area contributed by atoms with E-state index < -0.39 is 34.9 Å². The molecule has 0 aliphatic carbocycles. The predicted molar refractivity (Wildman–Crippen MR) is 122 cm³/mol. The number of carbonyl (C=O) groups excluding carboxylic acids is 3. The molecule has 33 heavy (non-hydrogen) atoms. The summed E-state index contributed by atoms with van der Waals surface area (Å²) in [5.74, 6) is -2.15. The van der Waals surface area contributed by atoms with Crippen molar-refractivity contribution in [2.45, 2.75) is 59.1 Å². The number of nitriles is 1. The second-order valence-electron chi connectivity index (χ2n) is 9.10. The first-order valence-corrected chi connectivity index (χ1v) is 10.6. The fourth-order valence-corrected chi connectivity index (χ4v) is 3.56. The SMILES string of the molecule is CCC(C)(C)OC(=O)c1ccc(N2C(=O)N(c3ccc(C#N)c(C)c3)C(=O)C2(C)C)cc1F. The number of hydrogen-bond donors (Lipinski definition) is 0. The van der Waals surface area contributed by atoms with E-state index in [0.717, 1.165) is 11.0 Å². The van der Waals surface area contributed by atoms with Crippen LogP contribution in [-0.4, -0.2) is 29.0 Å². The summed E-state index contributed by atoms with van der Waals surface area (Å²) in [6, 6.07) is 9.76. The van der Waals surface area contributed by atoms with Gasteiger partial charge in [0.25, 0.3) is 5.91 Å². The molecule has 8 heteroatoms. The minimum Gasteiger partial charge on any atom is -0.456 e. The molecule has 0 saturated carbocycles. The molecule has 3 rings (SSSR count). The quantitative estimate of drug-likeness (QED) is 0.466. The number of imide groups is 1. The van der Waals surface area contributed by atoms with E-state index in [-0.39, 0.29) is 11.3 Å². The third kappa shape index (κ3) is 4.19. The van der Waals surface area contributed by atoms with Gasteiger partial charge in [-0.2, -0.15) is 5.26 Å². The van der Waals surface area contributed by atoms with Gasteiger partial charge in [0.05, 0.1) is 22.9 Å². The topological polar surface area (TPSA) is 90.7 Å². The zero-order valence-corrected chi connectivity index (χ0v) is 19.5. The van der Waals surface area contributed by atoms with E-state index in [9.17, 15) is 18.8 Å². The van der Waals surface area contributed by atoms with Crippen LogP contribution in [0, 0.1) is 24.1 Å². The van der Waals surface area contributed by atoms with Crippen LogP contribution in [0.25, 0.3) is 0 Å². The lowest BCUT2D eigenvalue weighted by Crippen LogP contribution is -2.44. The van der Waals surface area contributed by atoms with Gasteiger partial charge in [0.15, 0.2) is 0 Å². The highest BCUT2D eigenvalue weighted by molar-refractivity contribution is 6.30. The largest absolute Gasteiger partial charge is 0.456 e. The Morgan fingerprint density at radius 3 is 2.33 bits per heavy atom. The minimum absolute atomic E-state index is 0.134. The molecule has 2 aromatic carbocycles. The molecule has 0 unspecified atom stereocenters. The molecule has 7 nitrogen and oxygen atoms in total. The molecule has 172 valence electrons. The first-order valence-electron chi connectivity index (χ1n) is 10.6. The van der Waals surface area contributed by atoms with Crippen molar-refractivity contribution in [3.63, 3.8) is 0 Å². The van der Waals surface area contributed by atoms with Crippen molar-refractivity contribution in [3.8, 4) is 6.07 Å². The highest BCUT2D eigenvalue weighted by atomic mass is 19.1. The molecule has 0 atom stereocenters. The van der Waals surface area contributed by atoms with Crippen LogP contribution in [-0.2, 0) is 9.53 Å². The van der Waals surface area contributed by atoms with Gasteiger partial charge >= 0.3 is 12.0 Å². The molecule has 0 spiro atoms. The summed E-state index contributed by atoms with van der Waals surface area (Å²) >= 11 is 0. The van der Waals surface area contributed by atoms with Gasteiger partial charge in [0.1, 0.15) is 17.0 Å². The summed E-state index contributed by atoms with van der Waals surface area (Å²) in [5, 5.41) is 9.14. The molecular weight excluding hydrogens is 425 g/mol. The first-order chi connectivity index (χ1) is 15.3. The Labute approximate surface area is 192 Å². The van der Waals surface area contributed by atoms with Crippen molar-refractivity contribution in [1.29, 1.82) is 5.26 Å². The van der Waals surface area contributed by atoms with Crippen LogP contribution in [0.3, 0.4) is 0 Å². The molecule has 0 aromatic heterocycles. The highest BCUT2D eigenvalue weighted by Crippen LogP contribution is 2.37. The minimum atomic E-state index is -1.31. The van der Waals surface area contributed by atoms with Gasteiger partial charge in [-0.05, 0) is 83.0 Å². The van der Waals surface area contributed by atoms with Crippen LogP contribution in [0.15, 0.2) is 36.4 Å². The second-order valence-corrected chi connectivity index (χ2v) is 9.10. The maximum absolute atomic E-state index is 14.9. The van der Waals surface area contributed by atoms with Gasteiger partial charge in [0, 0.05) is 5.69 Å². The fraction of sp³-hybridized carbons (Fsp3) is 0.360.